The predicted molar refractivity (Wildman–Crippen MR) is 77.3 cm³/mol. The molecule has 0 aliphatic rings. The molecule has 7 heteroatoms. The molecule has 1 N–H and O–H groups in total. The number of anilines is 1. The Morgan fingerprint density at radius 3 is 2.61 bits per heavy atom. The van der Waals surface area contributed by atoms with E-state index in [1.807, 2.05) is 25.9 Å². The average Bonchev–Trinajstić information content (AvgIpc) is 2.66. The fourth-order valence-corrected chi connectivity index (χ4v) is 3.21. The largest absolute Gasteiger partial charge is 0.350 e. The Morgan fingerprint density at radius 1 is 1.50 bits per heavy atom. The summed E-state index contributed by atoms with van der Waals surface area (Å²) in [5.74, 6) is 0.152. The topological polar surface area (TPSA) is 62.3 Å². The quantitative estimate of drug-likeness (QED) is 0.853. The van der Waals surface area contributed by atoms with Gasteiger partial charge in [-0.1, -0.05) is 0 Å². The molecule has 0 saturated carbocycles. The Hall–Kier alpha value is -0.660. The monoisotopic (exact) mass is 291 g/mol. The van der Waals surface area contributed by atoms with Crippen LogP contribution in [0.1, 0.15) is 23.5 Å². The van der Waals surface area contributed by atoms with Gasteiger partial charge in [0.1, 0.15) is 9.84 Å². The van der Waals surface area contributed by atoms with Gasteiger partial charge in [0, 0.05) is 30.8 Å². The Labute approximate surface area is 113 Å². The Kier molecular flexibility index (Phi) is 5.12. The fourth-order valence-electron chi connectivity index (χ4n) is 1.49. The van der Waals surface area contributed by atoms with Gasteiger partial charge in [0.2, 0.25) is 0 Å². The summed E-state index contributed by atoms with van der Waals surface area (Å²) in [6.07, 6.45) is 1.25. The molecule has 1 aromatic rings. The van der Waals surface area contributed by atoms with Crippen molar-refractivity contribution in [3.8, 4) is 0 Å². The van der Waals surface area contributed by atoms with Gasteiger partial charge in [0.25, 0.3) is 0 Å². The van der Waals surface area contributed by atoms with Gasteiger partial charge in [0.05, 0.1) is 11.4 Å². The smallest absolute Gasteiger partial charge is 0.185 e. The van der Waals surface area contributed by atoms with Gasteiger partial charge in [-0.05, 0) is 20.9 Å². The minimum atomic E-state index is -2.93. The summed E-state index contributed by atoms with van der Waals surface area (Å²) in [7, 11) is 0.857. The maximum atomic E-state index is 11.1. The molecule has 0 saturated heterocycles. The summed E-state index contributed by atoms with van der Waals surface area (Å²) < 4.78 is 22.3. The molecule has 18 heavy (non-hydrogen) atoms. The first kappa shape index (κ1) is 15.4. The number of sulfone groups is 1. The zero-order valence-corrected chi connectivity index (χ0v) is 13.2. The average molecular weight is 291 g/mol. The maximum Gasteiger partial charge on any atom is 0.185 e. The van der Waals surface area contributed by atoms with Crippen molar-refractivity contribution >= 4 is 26.3 Å². The molecule has 0 amide bonds. The van der Waals surface area contributed by atoms with Crippen molar-refractivity contribution in [3.05, 3.63) is 10.6 Å². The first-order valence-electron chi connectivity index (χ1n) is 5.78. The van der Waals surface area contributed by atoms with Crippen LogP contribution in [0.4, 0.5) is 5.13 Å². The van der Waals surface area contributed by atoms with Crippen molar-refractivity contribution in [2.45, 2.75) is 19.9 Å². The zero-order chi connectivity index (χ0) is 13.9. The van der Waals surface area contributed by atoms with Crippen molar-refractivity contribution in [1.29, 1.82) is 0 Å². The first-order valence-corrected chi connectivity index (χ1v) is 8.65. The molecular formula is C11H21N3O2S2. The van der Waals surface area contributed by atoms with Crippen LogP contribution in [0.25, 0.3) is 0 Å². The summed E-state index contributed by atoms with van der Waals surface area (Å²) >= 11 is 1.61. The third-order valence-corrected chi connectivity index (χ3v) is 5.15. The van der Waals surface area contributed by atoms with E-state index in [1.54, 1.807) is 11.3 Å². The van der Waals surface area contributed by atoms with E-state index in [0.717, 1.165) is 10.8 Å². The molecule has 104 valence electrons. The lowest BCUT2D eigenvalue weighted by Gasteiger charge is -2.14. The predicted octanol–water partition coefficient (Wildman–Crippen LogP) is 1.21. The number of aromatic nitrogens is 1. The SMILES string of the molecule is CNC(C)c1sc(N(C)CCS(C)(=O)=O)nc1C. The van der Waals surface area contributed by atoms with Crippen LogP contribution >= 0.6 is 11.3 Å². The van der Waals surface area contributed by atoms with Gasteiger partial charge >= 0.3 is 0 Å². The van der Waals surface area contributed by atoms with Crippen LogP contribution < -0.4 is 10.2 Å². The molecule has 5 nitrogen and oxygen atoms in total. The van der Waals surface area contributed by atoms with E-state index in [-0.39, 0.29) is 11.8 Å². The number of nitrogens with zero attached hydrogens (tertiary/aromatic N) is 2. The standard InChI is InChI=1S/C11H21N3O2S2/c1-8(12-3)10-9(2)13-11(17-10)14(4)6-7-18(5,15)16/h8,12H,6-7H2,1-5H3. The van der Waals surface area contributed by atoms with Crippen LogP contribution in [0.15, 0.2) is 0 Å². The molecule has 0 aliphatic heterocycles. The summed E-state index contributed by atoms with van der Waals surface area (Å²) in [5, 5.41) is 4.06. The van der Waals surface area contributed by atoms with Crippen LogP contribution in [0.5, 0.6) is 0 Å². The van der Waals surface area contributed by atoms with Gasteiger partial charge in [-0.2, -0.15) is 0 Å². The van der Waals surface area contributed by atoms with Gasteiger partial charge in [-0.25, -0.2) is 13.4 Å². The fraction of sp³-hybridized carbons (Fsp3) is 0.727. The number of nitrogens with one attached hydrogen (secondary N) is 1. The molecule has 0 aliphatic carbocycles. The molecular weight excluding hydrogens is 270 g/mol. The van der Waals surface area contributed by atoms with Crippen LogP contribution in [0.3, 0.4) is 0 Å². The van der Waals surface area contributed by atoms with E-state index in [1.165, 1.54) is 11.1 Å². The van der Waals surface area contributed by atoms with Gasteiger partial charge in [-0.3, -0.25) is 0 Å². The molecule has 1 aromatic heterocycles. The van der Waals surface area contributed by atoms with Gasteiger partial charge < -0.3 is 10.2 Å². The van der Waals surface area contributed by atoms with Gasteiger partial charge in [0.15, 0.2) is 5.13 Å². The Bertz CT molecular complexity index is 496. The number of hydrogen-bond donors (Lipinski definition) is 1. The Morgan fingerprint density at radius 2 is 2.11 bits per heavy atom. The highest BCUT2D eigenvalue weighted by Crippen LogP contribution is 2.29. The normalized spacial score (nSPS) is 13.6. The number of aryl methyl sites for hydroxylation is 1. The summed E-state index contributed by atoms with van der Waals surface area (Å²) in [6, 6.07) is 0.263. The van der Waals surface area contributed by atoms with Crippen molar-refractivity contribution in [2.24, 2.45) is 0 Å². The van der Waals surface area contributed by atoms with Crippen LogP contribution in [0, 0.1) is 6.92 Å². The minimum absolute atomic E-state index is 0.152. The molecule has 1 rings (SSSR count). The Balaban J connectivity index is 2.78. The second kappa shape index (κ2) is 5.99. The molecule has 0 bridgehead atoms. The van der Waals surface area contributed by atoms with Crippen LogP contribution in [0.2, 0.25) is 0 Å². The third kappa shape index (κ3) is 4.22. The zero-order valence-electron chi connectivity index (χ0n) is 11.5. The first-order chi connectivity index (χ1) is 8.24. The van der Waals surface area contributed by atoms with Crippen molar-refractivity contribution in [2.75, 3.05) is 37.5 Å². The highest BCUT2D eigenvalue weighted by atomic mass is 32.2. The molecule has 0 fully saturated rings. The molecule has 1 atom stereocenters. The number of hydrogen-bond acceptors (Lipinski definition) is 6. The van der Waals surface area contributed by atoms with E-state index in [4.69, 9.17) is 0 Å². The summed E-state index contributed by atoms with van der Waals surface area (Å²) in [6.45, 7) is 4.54. The minimum Gasteiger partial charge on any atom is -0.350 e. The molecule has 0 aromatic carbocycles. The molecule has 0 spiro atoms. The van der Waals surface area contributed by atoms with Crippen molar-refractivity contribution in [1.82, 2.24) is 10.3 Å². The third-order valence-electron chi connectivity index (χ3n) is 2.77. The summed E-state index contributed by atoms with van der Waals surface area (Å²) in [4.78, 5) is 7.58. The van der Waals surface area contributed by atoms with Crippen molar-refractivity contribution in [3.63, 3.8) is 0 Å². The maximum absolute atomic E-state index is 11.1. The lowest BCUT2D eigenvalue weighted by atomic mass is 10.2. The summed E-state index contributed by atoms with van der Waals surface area (Å²) in [5.41, 5.74) is 1.00. The number of rotatable bonds is 6. The molecule has 0 radical (unpaired) electrons. The lowest BCUT2D eigenvalue weighted by Crippen LogP contribution is -2.24. The van der Waals surface area contributed by atoms with E-state index in [2.05, 4.69) is 17.2 Å². The van der Waals surface area contributed by atoms with E-state index in [0.29, 0.717) is 6.54 Å². The number of thiazole rings is 1. The highest BCUT2D eigenvalue weighted by molar-refractivity contribution is 7.90. The van der Waals surface area contributed by atoms with E-state index >= 15 is 0 Å². The molecule has 1 unspecified atom stereocenters. The van der Waals surface area contributed by atoms with Crippen molar-refractivity contribution < 1.29 is 8.42 Å². The van der Waals surface area contributed by atoms with E-state index in [9.17, 15) is 8.42 Å². The van der Waals surface area contributed by atoms with Crippen LogP contribution in [-0.4, -0.2) is 46.1 Å². The second-order valence-corrected chi connectivity index (χ2v) is 7.78. The molecule has 1 heterocycles. The van der Waals surface area contributed by atoms with Crippen LogP contribution in [-0.2, 0) is 9.84 Å². The lowest BCUT2D eigenvalue weighted by molar-refractivity contribution is 0.601. The highest BCUT2D eigenvalue weighted by Gasteiger charge is 2.16. The van der Waals surface area contributed by atoms with Gasteiger partial charge in [-0.15, -0.1) is 11.3 Å². The van der Waals surface area contributed by atoms with E-state index < -0.39 is 9.84 Å². The second-order valence-electron chi connectivity index (χ2n) is 4.51.